The molecule has 0 atom stereocenters. The van der Waals surface area contributed by atoms with E-state index in [0.717, 1.165) is 16.5 Å². The fraction of sp³-hybridized carbons (Fsp3) is 0.261. The SMILES string of the molecule is CC(C)(C)OC(=O)NCc1ccc(CNS(=O)(=O)c2cccc3ccccc23)cc1. The van der Waals surface area contributed by atoms with Crippen LogP contribution in [-0.4, -0.2) is 20.1 Å². The zero-order chi connectivity index (χ0) is 21.8. The highest BCUT2D eigenvalue weighted by atomic mass is 32.2. The van der Waals surface area contributed by atoms with Gasteiger partial charge in [0, 0.05) is 18.5 Å². The first-order valence-electron chi connectivity index (χ1n) is 9.66. The number of fused-ring (bicyclic) bond motifs is 1. The summed E-state index contributed by atoms with van der Waals surface area (Å²) < 4.78 is 33.5. The number of nitrogens with one attached hydrogen (secondary N) is 2. The third kappa shape index (κ3) is 5.81. The van der Waals surface area contributed by atoms with E-state index in [2.05, 4.69) is 10.0 Å². The molecule has 158 valence electrons. The minimum absolute atomic E-state index is 0.172. The highest BCUT2D eigenvalue weighted by Crippen LogP contribution is 2.22. The number of carbonyl (C=O) groups excluding carboxylic acids is 1. The number of hydrogen-bond donors (Lipinski definition) is 2. The second-order valence-electron chi connectivity index (χ2n) is 7.97. The van der Waals surface area contributed by atoms with Crippen LogP contribution in [0.4, 0.5) is 4.79 Å². The van der Waals surface area contributed by atoms with Crippen LogP contribution in [0.1, 0.15) is 31.9 Å². The van der Waals surface area contributed by atoms with E-state index in [9.17, 15) is 13.2 Å². The van der Waals surface area contributed by atoms with Crippen molar-refractivity contribution in [1.29, 1.82) is 0 Å². The topological polar surface area (TPSA) is 84.5 Å². The largest absolute Gasteiger partial charge is 0.444 e. The number of benzene rings is 3. The number of rotatable bonds is 6. The molecule has 0 fully saturated rings. The van der Waals surface area contributed by atoms with Crippen LogP contribution in [0.15, 0.2) is 71.6 Å². The maximum absolute atomic E-state index is 12.8. The molecule has 0 radical (unpaired) electrons. The molecule has 2 N–H and O–H groups in total. The zero-order valence-corrected chi connectivity index (χ0v) is 18.1. The quantitative estimate of drug-likeness (QED) is 0.614. The summed E-state index contributed by atoms with van der Waals surface area (Å²) in [4.78, 5) is 12.0. The van der Waals surface area contributed by atoms with Gasteiger partial charge in [0.05, 0.1) is 4.90 Å². The fourth-order valence-corrected chi connectivity index (χ4v) is 4.19. The van der Waals surface area contributed by atoms with E-state index in [4.69, 9.17) is 4.74 Å². The molecule has 7 heteroatoms. The molecule has 3 aromatic carbocycles. The molecular formula is C23H26N2O4S. The Hall–Kier alpha value is -2.90. The molecule has 30 heavy (non-hydrogen) atoms. The first kappa shape index (κ1) is 21.8. The van der Waals surface area contributed by atoms with Gasteiger partial charge in [-0.3, -0.25) is 0 Å². The molecule has 1 amide bonds. The van der Waals surface area contributed by atoms with Crippen LogP contribution in [0, 0.1) is 0 Å². The molecule has 0 saturated heterocycles. The fourth-order valence-electron chi connectivity index (χ4n) is 2.95. The molecule has 0 saturated carbocycles. The number of hydrogen-bond acceptors (Lipinski definition) is 4. The highest BCUT2D eigenvalue weighted by Gasteiger charge is 2.17. The Balaban J connectivity index is 1.61. The average Bonchev–Trinajstić information content (AvgIpc) is 2.70. The van der Waals surface area contributed by atoms with Crippen molar-refractivity contribution in [2.75, 3.05) is 0 Å². The third-order valence-corrected chi connectivity index (χ3v) is 5.82. The van der Waals surface area contributed by atoms with Gasteiger partial charge in [-0.2, -0.15) is 0 Å². The molecule has 0 aliphatic carbocycles. The lowest BCUT2D eigenvalue weighted by molar-refractivity contribution is 0.0523. The summed E-state index contributed by atoms with van der Waals surface area (Å²) in [7, 11) is -3.66. The van der Waals surface area contributed by atoms with Crippen LogP contribution in [0.5, 0.6) is 0 Å². The van der Waals surface area contributed by atoms with Crippen molar-refractivity contribution in [3.63, 3.8) is 0 Å². The molecule has 0 aliphatic rings. The monoisotopic (exact) mass is 426 g/mol. The Bertz CT molecular complexity index is 1130. The van der Waals surface area contributed by atoms with Gasteiger partial charge in [0.25, 0.3) is 0 Å². The van der Waals surface area contributed by atoms with Gasteiger partial charge in [-0.25, -0.2) is 17.9 Å². The Labute approximate surface area is 177 Å². The average molecular weight is 427 g/mol. The first-order chi connectivity index (χ1) is 14.1. The Morgan fingerprint density at radius 3 is 2.13 bits per heavy atom. The van der Waals surface area contributed by atoms with E-state index in [-0.39, 0.29) is 11.4 Å². The van der Waals surface area contributed by atoms with E-state index >= 15 is 0 Å². The molecule has 0 heterocycles. The molecule has 0 spiro atoms. The van der Waals surface area contributed by atoms with Gasteiger partial charge in [-0.05, 0) is 43.4 Å². The van der Waals surface area contributed by atoms with E-state index < -0.39 is 21.7 Å². The molecular weight excluding hydrogens is 400 g/mol. The summed E-state index contributed by atoms with van der Waals surface area (Å²) in [5, 5.41) is 4.26. The number of carbonyl (C=O) groups is 1. The Morgan fingerprint density at radius 2 is 1.47 bits per heavy atom. The molecule has 0 aliphatic heterocycles. The van der Waals surface area contributed by atoms with Gasteiger partial charge >= 0.3 is 6.09 Å². The van der Waals surface area contributed by atoms with Crippen LogP contribution in [-0.2, 0) is 27.8 Å². The lowest BCUT2D eigenvalue weighted by Gasteiger charge is -2.19. The van der Waals surface area contributed by atoms with Crippen molar-refractivity contribution in [2.24, 2.45) is 0 Å². The summed E-state index contributed by atoms with van der Waals surface area (Å²) in [6.07, 6.45) is -0.477. The number of sulfonamides is 1. The number of amides is 1. The zero-order valence-electron chi connectivity index (χ0n) is 17.3. The summed E-state index contributed by atoms with van der Waals surface area (Å²) in [6.45, 7) is 5.92. The predicted molar refractivity (Wildman–Crippen MR) is 117 cm³/mol. The van der Waals surface area contributed by atoms with Crippen molar-refractivity contribution in [3.8, 4) is 0 Å². The van der Waals surface area contributed by atoms with Crippen molar-refractivity contribution in [1.82, 2.24) is 10.0 Å². The van der Waals surface area contributed by atoms with E-state index in [1.165, 1.54) is 0 Å². The van der Waals surface area contributed by atoms with Crippen LogP contribution in [0.3, 0.4) is 0 Å². The van der Waals surface area contributed by atoms with E-state index in [1.807, 2.05) is 48.5 Å². The maximum Gasteiger partial charge on any atom is 0.407 e. The van der Waals surface area contributed by atoms with Crippen LogP contribution in [0.25, 0.3) is 10.8 Å². The normalized spacial score (nSPS) is 12.0. The van der Waals surface area contributed by atoms with E-state index in [0.29, 0.717) is 11.9 Å². The second-order valence-corrected chi connectivity index (χ2v) is 9.71. The smallest absolute Gasteiger partial charge is 0.407 e. The molecule has 6 nitrogen and oxygen atoms in total. The lowest BCUT2D eigenvalue weighted by atomic mass is 10.1. The van der Waals surface area contributed by atoms with Crippen molar-refractivity contribution in [3.05, 3.63) is 77.9 Å². The second kappa shape index (κ2) is 8.85. The summed E-state index contributed by atoms with van der Waals surface area (Å²) in [5.74, 6) is 0. The van der Waals surface area contributed by atoms with E-state index in [1.54, 1.807) is 39.0 Å². The minimum atomic E-state index is -3.66. The van der Waals surface area contributed by atoms with Gasteiger partial charge in [-0.15, -0.1) is 0 Å². The Morgan fingerprint density at radius 1 is 0.867 bits per heavy atom. The lowest BCUT2D eigenvalue weighted by Crippen LogP contribution is -2.32. The van der Waals surface area contributed by atoms with Crippen molar-refractivity contribution in [2.45, 2.75) is 44.4 Å². The first-order valence-corrected chi connectivity index (χ1v) is 11.1. The predicted octanol–water partition coefficient (Wildman–Crippen LogP) is 4.34. The molecule has 3 rings (SSSR count). The standard InChI is InChI=1S/C23H26N2O4S/c1-23(2,3)29-22(26)24-15-17-11-13-18(14-12-17)16-25-30(27,28)21-10-6-8-19-7-4-5-9-20(19)21/h4-14,25H,15-16H2,1-3H3,(H,24,26). The molecule has 0 aromatic heterocycles. The maximum atomic E-state index is 12.8. The third-order valence-electron chi connectivity index (χ3n) is 4.36. The summed E-state index contributed by atoms with van der Waals surface area (Å²) in [6, 6.07) is 20.0. The van der Waals surface area contributed by atoms with Gasteiger partial charge in [-0.1, -0.05) is 60.7 Å². The van der Waals surface area contributed by atoms with Crippen LogP contribution < -0.4 is 10.0 Å². The Kier molecular flexibility index (Phi) is 6.43. The van der Waals surface area contributed by atoms with Crippen molar-refractivity contribution >= 4 is 26.9 Å². The number of alkyl carbamates (subject to hydrolysis) is 1. The summed E-state index contributed by atoms with van der Waals surface area (Å²) in [5.41, 5.74) is 1.16. The number of ether oxygens (including phenoxy) is 1. The van der Waals surface area contributed by atoms with Crippen LogP contribution in [0.2, 0.25) is 0 Å². The molecule has 3 aromatic rings. The van der Waals surface area contributed by atoms with Crippen molar-refractivity contribution < 1.29 is 17.9 Å². The van der Waals surface area contributed by atoms with Gasteiger partial charge in [0.1, 0.15) is 5.60 Å². The van der Waals surface area contributed by atoms with Gasteiger partial charge < -0.3 is 10.1 Å². The van der Waals surface area contributed by atoms with Gasteiger partial charge in [0.15, 0.2) is 0 Å². The highest BCUT2D eigenvalue weighted by molar-refractivity contribution is 7.89. The van der Waals surface area contributed by atoms with Gasteiger partial charge in [0.2, 0.25) is 10.0 Å². The van der Waals surface area contributed by atoms with Crippen LogP contribution >= 0.6 is 0 Å². The minimum Gasteiger partial charge on any atom is -0.444 e. The molecule has 0 bridgehead atoms. The summed E-state index contributed by atoms with van der Waals surface area (Å²) >= 11 is 0. The molecule has 0 unspecified atom stereocenters.